The number of hydrogen-bond acceptors (Lipinski definition) is 5. The largest absolute Gasteiger partial charge is 0.461 e. The number of halogens is 1. The summed E-state index contributed by atoms with van der Waals surface area (Å²) in [6, 6.07) is 10.9. The zero-order valence-corrected chi connectivity index (χ0v) is 12.8. The fourth-order valence-corrected chi connectivity index (χ4v) is 2.23. The van der Waals surface area contributed by atoms with E-state index >= 15 is 0 Å². The lowest BCUT2D eigenvalue weighted by Crippen LogP contribution is -2.32. The standard InChI is InChI=1S/C14H11ClN4O2S/c15-9-3-1-8(2-4-9)12-6-5-10(21-12)7-11-13(20)19(16)14(22)18-17-11/h1-6H,7,16H2,(H,18,22). The Morgan fingerprint density at radius 2 is 2.00 bits per heavy atom. The fraction of sp³-hybridized carbons (Fsp3) is 0.0714. The summed E-state index contributed by atoms with van der Waals surface area (Å²) in [6.45, 7) is 0. The van der Waals surface area contributed by atoms with Crippen molar-refractivity contribution in [3.8, 4) is 11.3 Å². The molecule has 3 rings (SSSR count). The van der Waals surface area contributed by atoms with E-state index < -0.39 is 5.56 Å². The number of nitrogen functional groups attached to an aromatic ring is 1. The number of hydrogen-bond donors (Lipinski definition) is 2. The fourth-order valence-electron chi connectivity index (χ4n) is 1.97. The lowest BCUT2D eigenvalue weighted by molar-refractivity contribution is 0.529. The van der Waals surface area contributed by atoms with E-state index in [1.807, 2.05) is 18.2 Å². The number of aromatic amines is 1. The van der Waals surface area contributed by atoms with Crippen LogP contribution < -0.4 is 11.4 Å². The maximum absolute atomic E-state index is 11.9. The third kappa shape index (κ3) is 2.81. The first kappa shape index (κ1) is 14.6. The zero-order valence-electron chi connectivity index (χ0n) is 11.2. The summed E-state index contributed by atoms with van der Waals surface area (Å²) < 4.78 is 6.64. The maximum Gasteiger partial charge on any atom is 0.295 e. The Morgan fingerprint density at radius 3 is 2.73 bits per heavy atom. The highest BCUT2D eigenvalue weighted by Crippen LogP contribution is 2.24. The van der Waals surface area contributed by atoms with Crippen LogP contribution in [0.4, 0.5) is 0 Å². The van der Waals surface area contributed by atoms with Crippen molar-refractivity contribution in [2.45, 2.75) is 6.42 Å². The highest BCUT2D eigenvalue weighted by atomic mass is 35.5. The van der Waals surface area contributed by atoms with Gasteiger partial charge in [-0.2, -0.15) is 9.77 Å². The van der Waals surface area contributed by atoms with Crippen LogP contribution in [0.2, 0.25) is 5.02 Å². The molecule has 0 radical (unpaired) electrons. The number of aromatic nitrogens is 3. The van der Waals surface area contributed by atoms with E-state index in [0.717, 1.165) is 10.2 Å². The van der Waals surface area contributed by atoms with Crippen molar-refractivity contribution in [2.75, 3.05) is 5.84 Å². The molecule has 3 aromatic rings. The average molecular weight is 335 g/mol. The van der Waals surface area contributed by atoms with Gasteiger partial charge in [0.05, 0.1) is 6.42 Å². The van der Waals surface area contributed by atoms with E-state index in [2.05, 4.69) is 10.2 Å². The second kappa shape index (κ2) is 5.78. The smallest absolute Gasteiger partial charge is 0.295 e. The third-order valence-corrected chi connectivity index (χ3v) is 3.64. The van der Waals surface area contributed by atoms with E-state index in [0.29, 0.717) is 16.5 Å². The molecule has 3 N–H and O–H groups in total. The molecular formula is C14H11ClN4O2S. The molecule has 112 valence electrons. The number of rotatable bonds is 3. The van der Waals surface area contributed by atoms with Crippen LogP contribution in [-0.4, -0.2) is 14.9 Å². The van der Waals surface area contributed by atoms with Crippen molar-refractivity contribution in [1.82, 2.24) is 14.9 Å². The molecule has 2 heterocycles. The van der Waals surface area contributed by atoms with Crippen molar-refractivity contribution in [3.05, 3.63) is 68.0 Å². The van der Waals surface area contributed by atoms with Crippen molar-refractivity contribution in [3.63, 3.8) is 0 Å². The van der Waals surface area contributed by atoms with Crippen molar-refractivity contribution < 1.29 is 4.42 Å². The van der Waals surface area contributed by atoms with Crippen LogP contribution in [0.5, 0.6) is 0 Å². The molecule has 1 aromatic carbocycles. The Balaban J connectivity index is 1.89. The molecule has 0 bridgehead atoms. The van der Waals surface area contributed by atoms with Crippen molar-refractivity contribution in [1.29, 1.82) is 0 Å². The SMILES string of the molecule is Nn1c(=S)[nH]nc(Cc2ccc(-c3ccc(Cl)cc3)o2)c1=O. The van der Waals surface area contributed by atoms with Gasteiger partial charge in [-0.1, -0.05) is 11.6 Å². The first-order valence-corrected chi connectivity index (χ1v) is 7.13. The molecule has 0 aliphatic rings. The van der Waals surface area contributed by atoms with Crippen LogP contribution in [0.3, 0.4) is 0 Å². The summed E-state index contributed by atoms with van der Waals surface area (Å²) in [5, 5.41) is 7.08. The van der Waals surface area contributed by atoms with Gasteiger partial charge >= 0.3 is 0 Å². The Labute approximate surface area is 135 Å². The summed E-state index contributed by atoms with van der Waals surface area (Å²) in [6.07, 6.45) is 0.218. The number of nitrogens with one attached hydrogen (secondary N) is 1. The third-order valence-electron chi connectivity index (χ3n) is 3.10. The first-order chi connectivity index (χ1) is 10.5. The summed E-state index contributed by atoms with van der Waals surface area (Å²) in [4.78, 5) is 11.9. The lowest BCUT2D eigenvalue weighted by atomic mass is 10.2. The Kier molecular flexibility index (Phi) is 3.82. The molecule has 0 amide bonds. The Hall–Kier alpha value is -2.38. The molecule has 8 heteroatoms. The molecule has 2 aromatic heterocycles. The number of nitrogens with two attached hydrogens (primary N) is 1. The summed E-state index contributed by atoms with van der Waals surface area (Å²) in [7, 11) is 0. The minimum absolute atomic E-state index is 0.0649. The Bertz CT molecular complexity index is 927. The number of H-pyrrole nitrogens is 1. The van der Waals surface area contributed by atoms with Crippen LogP contribution in [0.25, 0.3) is 11.3 Å². The van der Waals surface area contributed by atoms with Gasteiger partial charge in [0.1, 0.15) is 17.2 Å². The molecule has 0 spiro atoms. The van der Waals surface area contributed by atoms with E-state index in [-0.39, 0.29) is 16.9 Å². The zero-order chi connectivity index (χ0) is 15.7. The van der Waals surface area contributed by atoms with Crippen LogP contribution >= 0.6 is 23.8 Å². The van der Waals surface area contributed by atoms with Crippen molar-refractivity contribution >= 4 is 23.8 Å². The topological polar surface area (TPSA) is 89.8 Å². The van der Waals surface area contributed by atoms with Gasteiger partial charge in [0.15, 0.2) is 0 Å². The molecule has 0 aliphatic heterocycles. The minimum Gasteiger partial charge on any atom is -0.461 e. The average Bonchev–Trinajstić information content (AvgIpc) is 2.97. The van der Waals surface area contributed by atoms with E-state index in [9.17, 15) is 4.79 Å². The van der Waals surface area contributed by atoms with Gasteiger partial charge in [0, 0.05) is 10.6 Å². The molecule has 0 aliphatic carbocycles. The van der Waals surface area contributed by atoms with Crippen LogP contribution in [0.15, 0.2) is 45.6 Å². The summed E-state index contributed by atoms with van der Waals surface area (Å²) in [5.74, 6) is 6.81. The Morgan fingerprint density at radius 1 is 1.27 bits per heavy atom. The predicted octanol–water partition coefficient (Wildman–Crippen LogP) is 2.52. The van der Waals surface area contributed by atoms with Crippen LogP contribution in [0, 0.1) is 4.77 Å². The molecule has 6 nitrogen and oxygen atoms in total. The first-order valence-electron chi connectivity index (χ1n) is 6.35. The number of furan rings is 1. The molecule has 22 heavy (non-hydrogen) atoms. The quantitative estimate of drug-likeness (QED) is 0.567. The number of benzene rings is 1. The highest BCUT2D eigenvalue weighted by molar-refractivity contribution is 7.71. The van der Waals surface area contributed by atoms with Gasteiger partial charge in [-0.3, -0.25) is 9.89 Å². The summed E-state index contributed by atoms with van der Waals surface area (Å²) >= 11 is 10.7. The highest BCUT2D eigenvalue weighted by Gasteiger charge is 2.10. The second-order valence-electron chi connectivity index (χ2n) is 4.60. The molecule has 0 fully saturated rings. The molecule has 0 unspecified atom stereocenters. The van der Waals surface area contributed by atoms with Crippen LogP contribution in [0.1, 0.15) is 11.5 Å². The molecule has 0 atom stereocenters. The predicted molar refractivity (Wildman–Crippen MR) is 85.8 cm³/mol. The van der Waals surface area contributed by atoms with Gasteiger partial charge in [0.2, 0.25) is 4.77 Å². The second-order valence-corrected chi connectivity index (χ2v) is 5.42. The van der Waals surface area contributed by atoms with Crippen LogP contribution in [-0.2, 0) is 6.42 Å². The number of nitrogens with zero attached hydrogens (tertiary/aromatic N) is 2. The van der Waals surface area contributed by atoms with E-state index in [1.165, 1.54) is 0 Å². The van der Waals surface area contributed by atoms with Gasteiger partial charge in [-0.05, 0) is 48.6 Å². The van der Waals surface area contributed by atoms with Gasteiger partial charge in [0.25, 0.3) is 5.56 Å². The minimum atomic E-state index is -0.451. The van der Waals surface area contributed by atoms with E-state index in [4.69, 9.17) is 34.1 Å². The van der Waals surface area contributed by atoms with Gasteiger partial charge in [-0.25, -0.2) is 0 Å². The van der Waals surface area contributed by atoms with Gasteiger partial charge in [-0.15, -0.1) is 0 Å². The van der Waals surface area contributed by atoms with E-state index in [1.54, 1.807) is 18.2 Å². The molecular weight excluding hydrogens is 324 g/mol. The molecule has 0 saturated heterocycles. The van der Waals surface area contributed by atoms with Gasteiger partial charge < -0.3 is 10.3 Å². The normalized spacial score (nSPS) is 10.8. The summed E-state index contributed by atoms with van der Waals surface area (Å²) in [5.41, 5.74) is 0.675. The van der Waals surface area contributed by atoms with Crippen molar-refractivity contribution in [2.24, 2.45) is 0 Å². The maximum atomic E-state index is 11.9. The monoisotopic (exact) mass is 334 g/mol. The lowest BCUT2D eigenvalue weighted by Gasteiger charge is -2.01. The molecule has 0 saturated carbocycles.